The van der Waals surface area contributed by atoms with E-state index in [1.807, 2.05) is 6.92 Å². The monoisotopic (exact) mass is 444 g/mol. The van der Waals surface area contributed by atoms with Crippen LogP contribution in [0.15, 0.2) is 18.2 Å². The minimum atomic E-state index is -0.803. The Morgan fingerprint density at radius 2 is 1.93 bits per heavy atom. The zero-order valence-electron chi connectivity index (χ0n) is 16.3. The summed E-state index contributed by atoms with van der Waals surface area (Å²) in [7, 11) is 0. The van der Waals surface area contributed by atoms with Crippen LogP contribution in [-0.2, 0) is 14.3 Å². The quantitative estimate of drug-likeness (QED) is 0.743. The van der Waals surface area contributed by atoms with Crippen LogP contribution in [0.5, 0.6) is 0 Å². The number of rotatable bonds is 4. The second-order valence-corrected chi connectivity index (χ2v) is 8.28. The van der Waals surface area contributed by atoms with Crippen LogP contribution in [-0.4, -0.2) is 72.5 Å². The second kappa shape index (κ2) is 10.1. The molecule has 160 valence electrons. The summed E-state index contributed by atoms with van der Waals surface area (Å²) in [4.78, 5) is 26.8. The largest absolute Gasteiger partial charge is 0.389 e. The van der Waals surface area contributed by atoms with Gasteiger partial charge in [-0.05, 0) is 38.0 Å². The summed E-state index contributed by atoms with van der Waals surface area (Å²) >= 11 is 12.1. The van der Waals surface area contributed by atoms with Gasteiger partial charge in [-0.1, -0.05) is 23.2 Å². The minimum Gasteiger partial charge on any atom is -0.389 e. The summed E-state index contributed by atoms with van der Waals surface area (Å²) in [5.41, 5.74) is 0.361. The topological polar surface area (TPSA) is 88.1 Å². The van der Waals surface area contributed by atoms with E-state index in [0.717, 1.165) is 0 Å². The van der Waals surface area contributed by atoms with Crippen molar-refractivity contribution in [2.75, 3.05) is 26.3 Å². The van der Waals surface area contributed by atoms with E-state index in [2.05, 4.69) is 5.32 Å². The zero-order chi connectivity index (χ0) is 21.0. The Kier molecular flexibility index (Phi) is 7.76. The Bertz CT molecular complexity index is 727. The lowest BCUT2D eigenvalue weighted by Gasteiger charge is -2.44. The molecule has 0 radical (unpaired) electrons. The van der Waals surface area contributed by atoms with Gasteiger partial charge in [0.2, 0.25) is 5.91 Å². The Hall–Kier alpha value is -1.38. The molecule has 2 saturated heterocycles. The minimum absolute atomic E-state index is 0.0559. The smallest absolute Gasteiger partial charge is 0.254 e. The van der Waals surface area contributed by atoms with Gasteiger partial charge < -0.3 is 24.8 Å². The maximum atomic E-state index is 13.3. The predicted molar refractivity (Wildman–Crippen MR) is 109 cm³/mol. The molecule has 4 atom stereocenters. The van der Waals surface area contributed by atoms with Crippen LogP contribution < -0.4 is 5.32 Å². The lowest BCUT2D eigenvalue weighted by atomic mass is 9.94. The van der Waals surface area contributed by atoms with Gasteiger partial charge in [0.25, 0.3) is 5.91 Å². The van der Waals surface area contributed by atoms with Gasteiger partial charge in [0.1, 0.15) is 6.10 Å². The highest BCUT2D eigenvalue weighted by molar-refractivity contribution is 6.35. The van der Waals surface area contributed by atoms with Gasteiger partial charge in [0, 0.05) is 28.7 Å². The summed E-state index contributed by atoms with van der Waals surface area (Å²) < 4.78 is 11.7. The maximum absolute atomic E-state index is 13.3. The van der Waals surface area contributed by atoms with Gasteiger partial charge >= 0.3 is 0 Å². The molecule has 29 heavy (non-hydrogen) atoms. The molecule has 1 aromatic carbocycles. The van der Waals surface area contributed by atoms with Crippen molar-refractivity contribution in [2.24, 2.45) is 0 Å². The van der Waals surface area contributed by atoms with Crippen LogP contribution in [0.1, 0.15) is 36.5 Å². The molecule has 2 aliphatic rings. The molecular formula is C20H26Cl2N2O5. The molecule has 3 rings (SSSR count). The highest BCUT2D eigenvalue weighted by Crippen LogP contribution is 2.29. The fourth-order valence-corrected chi connectivity index (χ4v) is 4.42. The van der Waals surface area contributed by atoms with Gasteiger partial charge in [-0.25, -0.2) is 0 Å². The number of carbonyl (C=O) groups excluding carboxylic acids is 2. The molecule has 2 amide bonds. The molecule has 2 fully saturated rings. The first kappa shape index (κ1) is 22.3. The number of nitrogens with one attached hydrogen (secondary N) is 1. The molecule has 0 spiro atoms. The van der Waals surface area contributed by atoms with Crippen molar-refractivity contribution in [3.05, 3.63) is 33.8 Å². The number of β-amino-alcohol motifs (C(OH)–C–C–N with tert-alkyl or cyclic N) is 1. The number of hydrogen-bond acceptors (Lipinski definition) is 5. The average Bonchev–Trinajstić information content (AvgIpc) is 2.64. The molecule has 0 unspecified atom stereocenters. The third-order valence-electron chi connectivity index (χ3n) is 5.14. The highest BCUT2D eigenvalue weighted by Gasteiger charge is 2.40. The Labute approximate surface area is 180 Å². The standard InChI is InChI=1S/C20H26Cl2N2O5/c1-2-23-19(26)8-16-3-4-17-18(29-16)11-28-10-15(25)9-24(17)20(27)12-5-13(21)7-14(22)6-12/h5-7,15-18,25H,2-4,8-11H2,1H3,(H,23,26)/t15-,16-,17-,18+/m1/s1. The van der Waals surface area contributed by atoms with E-state index in [1.165, 1.54) is 0 Å². The Morgan fingerprint density at radius 1 is 1.21 bits per heavy atom. The van der Waals surface area contributed by atoms with E-state index in [9.17, 15) is 14.7 Å². The number of ether oxygens (including phenoxy) is 2. The average molecular weight is 445 g/mol. The molecule has 2 N–H and O–H groups in total. The Morgan fingerprint density at radius 3 is 2.62 bits per heavy atom. The van der Waals surface area contributed by atoms with E-state index in [1.54, 1.807) is 23.1 Å². The number of halogens is 2. The normalized spacial score (nSPS) is 27.5. The van der Waals surface area contributed by atoms with Crippen molar-refractivity contribution in [1.82, 2.24) is 10.2 Å². The van der Waals surface area contributed by atoms with E-state index in [-0.39, 0.29) is 56.2 Å². The first-order valence-electron chi connectivity index (χ1n) is 9.82. The van der Waals surface area contributed by atoms with Crippen LogP contribution in [0.3, 0.4) is 0 Å². The number of nitrogens with zero attached hydrogens (tertiary/aromatic N) is 1. The molecule has 9 heteroatoms. The lowest BCUT2D eigenvalue weighted by molar-refractivity contribution is -0.150. The fourth-order valence-electron chi connectivity index (χ4n) is 3.89. The molecular weight excluding hydrogens is 419 g/mol. The summed E-state index contributed by atoms with van der Waals surface area (Å²) in [5, 5.41) is 13.8. The molecule has 0 aromatic heterocycles. The molecule has 2 aliphatic heterocycles. The van der Waals surface area contributed by atoms with Crippen molar-refractivity contribution < 1.29 is 24.2 Å². The van der Waals surface area contributed by atoms with E-state index >= 15 is 0 Å². The second-order valence-electron chi connectivity index (χ2n) is 7.41. The van der Waals surface area contributed by atoms with Crippen molar-refractivity contribution in [3.63, 3.8) is 0 Å². The summed E-state index contributed by atoms with van der Waals surface area (Å²) in [5.74, 6) is -0.323. The van der Waals surface area contributed by atoms with Gasteiger partial charge in [-0.3, -0.25) is 9.59 Å². The third-order valence-corrected chi connectivity index (χ3v) is 5.57. The van der Waals surface area contributed by atoms with Crippen LogP contribution in [0.25, 0.3) is 0 Å². The van der Waals surface area contributed by atoms with Crippen LogP contribution >= 0.6 is 23.2 Å². The number of benzene rings is 1. The predicted octanol–water partition coefficient (Wildman–Crippen LogP) is 2.27. The van der Waals surface area contributed by atoms with Crippen LogP contribution in [0.4, 0.5) is 0 Å². The number of carbonyl (C=O) groups is 2. The number of fused-ring (bicyclic) bond motifs is 1. The molecule has 7 nitrogen and oxygen atoms in total. The van der Waals surface area contributed by atoms with E-state index in [4.69, 9.17) is 32.7 Å². The first-order chi connectivity index (χ1) is 13.9. The fraction of sp³-hybridized carbons (Fsp3) is 0.600. The van der Waals surface area contributed by atoms with Crippen molar-refractivity contribution >= 4 is 35.0 Å². The summed E-state index contributed by atoms with van der Waals surface area (Å²) in [6.45, 7) is 2.91. The van der Waals surface area contributed by atoms with E-state index < -0.39 is 6.10 Å². The van der Waals surface area contributed by atoms with Gasteiger partial charge in [-0.2, -0.15) is 0 Å². The summed E-state index contributed by atoms with van der Waals surface area (Å²) in [6, 6.07) is 4.41. The SMILES string of the molecule is CCNC(=O)C[C@H]1CC[C@@H]2[C@H](COC[C@H](O)CN2C(=O)c2cc(Cl)cc(Cl)c2)O1. The van der Waals surface area contributed by atoms with Gasteiger partial charge in [-0.15, -0.1) is 0 Å². The maximum Gasteiger partial charge on any atom is 0.254 e. The van der Waals surface area contributed by atoms with Crippen LogP contribution in [0, 0.1) is 0 Å². The van der Waals surface area contributed by atoms with Crippen molar-refractivity contribution in [3.8, 4) is 0 Å². The first-order valence-corrected chi connectivity index (χ1v) is 10.6. The van der Waals surface area contributed by atoms with Crippen molar-refractivity contribution in [2.45, 2.75) is 50.5 Å². The zero-order valence-corrected chi connectivity index (χ0v) is 17.8. The molecule has 1 aromatic rings. The number of amides is 2. The van der Waals surface area contributed by atoms with Crippen LogP contribution in [0.2, 0.25) is 10.0 Å². The number of aliphatic hydroxyl groups is 1. The third kappa shape index (κ3) is 5.83. The summed E-state index contributed by atoms with van der Waals surface area (Å²) in [6.07, 6.45) is 0.141. The Balaban J connectivity index is 1.78. The molecule has 0 aliphatic carbocycles. The van der Waals surface area contributed by atoms with Gasteiger partial charge in [0.15, 0.2) is 0 Å². The molecule has 0 bridgehead atoms. The van der Waals surface area contributed by atoms with E-state index in [0.29, 0.717) is 35.0 Å². The van der Waals surface area contributed by atoms with Gasteiger partial charge in [0.05, 0.1) is 37.9 Å². The lowest BCUT2D eigenvalue weighted by Crippen LogP contribution is -2.57. The highest BCUT2D eigenvalue weighted by atomic mass is 35.5. The number of hydrogen-bond donors (Lipinski definition) is 2. The van der Waals surface area contributed by atoms with Crippen molar-refractivity contribution in [1.29, 1.82) is 0 Å². The number of aliphatic hydroxyl groups excluding tert-OH is 1. The molecule has 2 heterocycles. The molecule has 0 saturated carbocycles.